The van der Waals surface area contributed by atoms with Crippen LogP contribution in [0.25, 0.3) is 11.0 Å². The Labute approximate surface area is 128 Å². The van der Waals surface area contributed by atoms with Gasteiger partial charge in [0.2, 0.25) is 0 Å². The SMILES string of the molecule is CCOC(=O)N1CCN(c2ncnc3ccc(C)nc23)CC1. The van der Waals surface area contributed by atoms with E-state index in [2.05, 4.69) is 19.9 Å². The quantitative estimate of drug-likeness (QED) is 0.839. The predicted octanol–water partition coefficient (Wildman–Crippen LogP) is 1.61. The summed E-state index contributed by atoms with van der Waals surface area (Å²) in [5, 5.41) is 0. The molecule has 116 valence electrons. The van der Waals surface area contributed by atoms with Gasteiger partial charge in [-0.3, -0.25) is 0 Å². The van der Waals surface area contributed by atoms with Gasteiger partial charge in [-0.05, 0) is 26.0 Å². The highest BCUT2D eigenvalue weighted by atomic mass is 16.6. The topological polar surface area (TPSA) is 71.5 Å². The molecule has 2 aromatic heterocycles. The van der Waals surface area contributed by atoms with Crippen LogP contribution in [0.15, 0.2) is 18.5 Å². The monoisotopic (exact) mass is 301 g/mol. The summed E-state index contributed by atoms with van der Waals surface area (Å²) in [4.78, 5) is 28.8. The number of fused-ring (bicyclic) bond motifs is 1. The Hall–Kier alpha value is -2.44. The molecule has 1 amide bonds. The molecule has 0 N–H and O–H groups in total. The molecule has 0 spiro atoms. The highest BCUT2D eigenvalue weighted by molar-refractivity contribution is 5.85. The van der Waals surface area contributed by atoms with E-state index in [1.807, 2.05) is 26.0 Å². The highest BCUT2D eigenvalue weighted by Crippen LogP contribution is 2.22. The van der Waals surface area contributed by atoms with Crippen LogP contribution in [0.2, 0.25) is 0 Å². The van der Waals surface area contributed by atoms with E-state index in [-0.39, 0.29) is 6.09 Å². The zero-order valence-electron chi connectivity index (χ0n) is 12.8. The Bertz CT molecular complexity index is 683. The molecule has 1 fully saturated rings. The Balaban J connectivity index is 1.79. The number of aryl methyl sites for hydroxylation is 1. The van der Waals surface area contributed by atoms with Crippen molar-refractivity contribution in [2.75, 3.05) is 37.7 Å². The number of ether oxygens (including phenoxy) is 1. The second-order valence-electron chi connectivity index (χ2n) is 5.19. The van der Waals surface area contributed by atoms with Crippen LogP contribution in [0.1, 0.15) is 12.6 Å². The van der Waals surface area contributed by atoms with Gasteiger partial charge in [0.1, 0.15) is 11.8 Å². The highest BCUT2D eigenvalue weighted by Gasteiger charge is 2.24. The van der Waals surface area contributed by atoms with Gasteiger partial charge in [-0.2, -0.15) is 0 Å². The molecule has 1 saturated heterocycles. The summed E-state index contributed by atoms with van der Waals surface area (Å²) in [7, 11) is 0. The van der Waals surface area contributed by atoms with Crippen molar-refractivity contribution in [3.8, 4) is 0 Å². The molecule has 1 aliphatic rings. The number of carbonyl (C=O) groups is 1. The summed E-state index contributed by atoms with van der Waals surface area (Å²) in [6.45, 7) is 6.83. The minimum atomic E-state index is -0.247. The van der Waals surface area contributed by atoms with Crippen LogP contribution in [0.4, 0.5) is 10.6 Å². The fourth-order valence-corrected chi connectivity index (χ4v) is 2.57. The van der Waals surface area contributed by atoms with E-state index in [0.29, 0.717) is 32.8 Å². The average molecular weight is 301 g/mol. The summed E-state index contributed by atoms with van der Waals surface area (Å²) in [5.74, 6) is 0.831. The van der Waals surface area contributed by atoms with Crippen molar-refractivity contribution in [3.05, 3.63) is 24.2 Å². The number of hydrogen-bond acceptors (Lipinski definition) is 6. The summed E-state index contributed by atoms with van der Waals surface area (Å²) >= 11 is 0. The van der Waals surface area contributed by atoms with E-state index < -0.39 is 0 Å². The first kappa shape index (κ1) is 14.5. The van der Waals surface area contributed by atoms with Crippen molar-refractivity contribution in [1.82, 2.24) is 19.9 Å². The van der Waals surface area contributed by atoms with Crippen LogP contribution in [0, 0.1) is 6.92 Å². The fraction of sp³-hybridized carbons (Fsp3) is 0.467. The van der Waals surface area contributed by atoms with Crippen LogP contribution in [0.3, 0.4) is 0 Å². The lowest BCUT2D eigenvalue weighted by molar-refractivity contribution is 0.105. The third-order valence-electron chi connectivity index (χ3n) is 3.71. The third kappa shape index (κ3) is 2.79. The van der Waals surface area contributed by atoms with Crippen LogP contribution in [0.5, 0.6) is 0 Å². The van der Waals surface area contributed by atoms with E-state index in [0.717, 1.165) is 22.5 Å². The number of nitrogens with zero attached hydrogens (tertiary/aromatic N) is 5. The molecule has 2 aromatic rings. The molecule has 0 aliphatic carbocycles. The zero-order valence-corrected chi connectivity index (χ0v) is 12.8. The summed E-state index contributed by atoms with van der Waals surface area (Å²) < 4.78 is 5.04. The van der Waals surface area contributed by atoms with Gasteiger partial charge >= 0.3 is 6.09 Å². The number of amides is 1. The molecular weight excluding hydrogens is 282 g/mol. The van der Waals surface area contributed by atoms with E-state index in [1.54, 1.807) is 11.2 Å². The number of aromatic nitrogens is 3. The lowest BCUT2D eigenvalue weighted by Crippen LogP contribution is -2.49. The lowest BCUT2D eigenvalue weighted by Gasteiger charge is -2.34. The molecule has 7 heteroatoms. The molecule has 0 saturated carbocycles. The second kappa shape index (κ2) is 6.13. The normalized spacial score (nSPS) is 15.2. The molecule has 1 aliphatic heterocycles. The minimum absolute atomic E-state index is 0.247. The van der Waals surface area contributed by atoms with Crippen molar-refractivity contribution in [1.29, 1.82) is 0 Å². The van der Waals surface area contributed by atoms with Crippen molar-refractivity contribution in [2.45, 2.75) is 13.8 Å². The number of anilines is 1. The van der Waals surface area contributed by atoms with E-state index in [4.69, 9.17) is 4.74 Å². The van der Waals surface area contributed by atoms with Gasteiger partial charge in [-0.15, -0.1) is 0 Å². The first-order valence-electron chi connectivity index (χ1n) is 7.44. The van der Waals surface area contributed by atoms with Crippen LogP contribution >= 0.6 is 0 Å². The number of pyridine rings is 1. The zero-order chi connectivity index (χ0) is 15.5. The summed E-state index contributed by atoms with van der Waals surface area (Å²) in [6.07, 6.45) is 1.32. The van der Waals surface area contributed by atoms with Gasteiger partial charge < -0.3 is 14.5 Å². The Morgan fingerprint density at radius 2 is 2.00 bits per heavy atom. The third-order valence-corrected chi connectivity index (χ3v) is 3.71. The molecule has 0 bridgehead atoms. The number of carbonyl (C=O) groups excluding carboxylic acids is 1. The maximum atomic E-state index is 11.7. The van der Waals surface area contributed by atoms with E-state index >= 15 is 0 Å². The first-order valence-corrected chi connectivity index (χ1v) is 7.44. The van der Waals surface area contributed by atoms with Crippen LogP contribution < -0.4 is 4.90 Å². The number of hydrogen-bond donors (Lipinski definition) is 0. The maximum Gasteiger partial charge on any atom is 0.409 e. The predicted molar refractivity (Wildman–Crippen MR) is 82.9 cm³/mol. The molecule has 0 atom stereocenters. The van der Waals surface area contributed by atoms with Crippen molar-refractivity contribution < 1.29 is 9.53 Å². The van der Waals surface area contributed by atoms with Gasteiger partial charge in [0, 0.05) is 31.9 Å². The van der Waals surface area contributed by atoms with Crippen LogP contribution in [-0.2, 0) is 4.74 Å². The van der Waals surface area contributed by atoms with E-state index in [1.165, 1.54) is 0 Å². The van der Waals surface area contributed by atoms with Crippen LogP contribution in [-0.4, -0.2) is 58.7 Å². The largest absolute Gasteiger partial charge is 0.450 e. The molecule has 0 aromatic carbocycles. The standard InChI is InChI=1S/C15H19N5O2/c1-3-22-15(21)20-8-6-19(7-9-20)14-13-12(16-10-17-14)5-4-11(2)18-13/h4-5,10H,3,6-9H2,1-2H3. The summed E-state index contributed by atoms with van der Waals surface area (Å²) in [6, 6.07) is 3.90. The van der Waals surface area contributed by atoms with Gasteiger partial charge in [-0.25, -0.2) is 19.7 Å². The van der Waals surface area contributed by atoms with Gasteiger partial charge in [0.15, 0.2) is 5.82 Å². The molecule has 7 nitrogen and oxygen atoms in total. The lowest BCUT2D eigenvalue weighted by atomic mass is 10.2. The molecular formula is C15H19N5O2. The van der Waals surface area contributed by atoms with Crippen molar-refractivity contribution in [2.24, 2.45) is 0 Å². The molecule has 3 rings (SSSR count). The Morgan fingerprint density at radius 3 is 2.73 bits per heavy atom. The molecule has 0 unspecified atom stereocenters. The first-order chi connectivity index (χ1) is 10.7. The second-order valence-corrected chi connectivity index (χ2v) is 5.19. The van der Waals surface area contributed by atoms with E-state index in [9.17, 15) is 4.79 Å². The molecule has 22 heavy (non-hydrogen) atoms. The maximum absolute atomic E-state index is 11.7. The van der Waals surface area contributed by atoms with Gasteiger partial charge in [0.05, 0.1) is 12.1 Å². The fourth-order valence-electron chi connectivity index (χ4n) is 2.57. The molecule has 0 radical (unpaired) electrons. The number of piperazine rings is 1. The van der Waals surface area contributed by atoms with Gasteiger partial charge in [-0.1, -0.05) is 0 Å². The average Bonchev–Trinajstić information content (AvgIpc) is 2.54. The summed E-state index contributed by atoms with van der Waals surface area (Å²) in [5.41, 5.74) is 2.59. The Morgan fingerprint density at radius 1 is 1.23 bits per heavy atom. The minimum Gasteiger partial charge on any atom is -0.450 e. The van der Waals surface area contributed by atoms with Crippen molar-refractivity contribution >= 4 is 22.9 Å². The Kier molecular flexibility index (Phi) is 4.04. The molecule has 3 heterocycles. The van der Waals surface area contributed by atoms with Crippen molar-refractivity contribution in [3.63, 3.8) is 0 Å². The van der Waals surface area contributed by atoms with Gasteiger partial charge in [0.25, 0.3) is 0 Å². The smallest absolute Gasteiger partial charge is 0.409 e. The number of rotatable bonds is 2.